The molecule has 0 aliphatic heterocycles. The van der Waals surface area contributed by atoms with Crippen molar-refractivity contribution in [3.63, 3.8) is 0 Å². The Morgan fingerprint density at radius 1 is 1.29 bits per heavy atom. The lowest BCUT2D eigenvalue weighted by Gasteiger charge is -2.14. The number of hydrogen-bond donors (Lipinski definition) is 0. The van der Waals surface area contributed by atoms with Crippen LogP contribution in [0, 0.1) is 0 Å². The average molecular weight is 279 g/mol. The van der Waals surface area contributed by atoms with Crippen LogP contribution in [0.2, 0.25) is 0 Å². The van der Waals surface area contributed by atoms with E-state index in [9.17, 15) is 8.42 Å². The Kier molecular flexibility index (Phi) is 4.65. The second-order valence-corrected chi connectivity index (χ2v) is 6.38. The highest BCUT2D eigenvalue weighted by Crippen LogP contribution is 2.33. The number of methoxy groups -OCH3 is 2. The molecule has 4 nitrogen and oxygen atoms in total. The minimum atomic E-state index is -3.13. The lowest BCUT2D eigenvalue weighted by Crippen LogP contribution is -2.09. The summed E-state index contributed by atoms with van der Waals surface area (Å²) in [4.78, 5) is 0. The van der Waals surface area contributed by atoms with Crippen LogP contribution >= 0.6 is 11.6 Å². The summed E-state index contributed by atoms with van der Waals surface area (Å²) in [6, 6.07) is 5.10. The van der Waals surface area contributed by atoms with Crippen molar-refractivity contribution >= 4 is 21.4 Å². The zero-order valence-electron chi connectivity index (χ0n) is 9.94. The normalized spacial score (nSPS) is 13.2. The van der Waals surface area contributed by atoms with E-state index in [0.717, 1.165) is 6.26 Å². The summed E-state index contributed by atoms with van der Waals surface area (Å²) in [6.07, 6.45) is 1.15. The van der Waals surface area contributed by atoms with Crippen LogP contribution in [0.1, 0.15) is 10.9 Å². The Labute approximate surface area is 106 Å². The second kappa shape index (κ2) is 5.60. The molecule has 0 aliphatic carbocycles. The van der Waals surface area contributed by atoms with Crippen LogP contribution in [0.5, 0.6) is 11.5 Å². The fourth-order valence-electron chi connectivity index (χ4n) is 1.43. The van der Waals surface area contributed by atoms with Crippen LogP contribution < -0.4 is 9.47 Å². The van der Waals surface area contributed by atoms with Gasteiger partial charge in [0.25, 0.3) is 0 Å². The van der Waals surface area contributed by atoms with Gasteiger partial charge in [0, 0.05) is 17.9 Å². The lowest BCUT2D eigenvalue weighted by molar-refractivity contribution is 0.391. The zero-order valence-corrected chi connectivity index (χ0v) is 11.5. The maximum Gasteiger partial charge on any atom is 0.149 e. The van der Waals surface area contributed by atoms with Gasteiger partial charge in [-0.2, -0.15) is 0 Å². The minimum Gasteiger partial charge on any atom is -0.497 e. The number of ether oxygens (including phenoxy) is 2. The quantitative estimate of drug-likeness (QED) is 0.774. The van der Waals surface area contributed by atoms with Crippen molar-refractivity contribution in [1.82, 2.24) is 0 Å². The molecule has 0 saturated carbocycles. The first-order chi connectivity index (χ1) is 7.87. The lowest BCUT2D eigenvalue weighted by atomic mass is 10.1. The maximum atomic E-state index is 11.2. The molecular weight excluding hydrogens is 264 g/mol. The van der Waals surface area contributed by atoms with E-state index >= 15 is 0 Å². The summed E-state index contributed by atoms with van der Waals surface area (Å²) in [5, 5.41) is -0.633. The topological polar surface area (TPSA) is 52.6 Å². The number of halogens is 1. The van der Waals surface area contributed by atoms with Crippen LogP contribution in [0.15, 0.2) is 18.2 Å². The molecule has 0 N–H and O–H groups in total. The van der Waals surface area contributed by atoms with Gasteiger partial charge in [-0.05, 0) is 6.07 Å². The predicted molar refractivity (Wildman–Crippen MR) is 67.9 cm³/mol. The molecule has 0 heterocycles. The molecule has 0 radical (unpaired) electrons. The Bertz CT molecular complexity index is 484. The number of benzene rings is 1. The van der Waals surface area contributed by atoms with E-state index in [-0.39, 0.29) is 5.75 Å². The fourth-order valence-corrected chi connectivity index (χ4v) is 3.01. The second-order valence-electron chi connectivity index (χ2n) is 3.67. The molecule has 1 atom stereocenters. The average Bonchev–Trinajstić information content (AvgIpc) is 2.25. The van der Waals surface area contributed by atoms with Gasteiger partial charge in [0.15, 0.2) is 0 Å². The third kappa shape index (κ3) is 4.09. The molecule has 0 fully saturated rings. The Morgan fingerprint density at radius 2 is 1.94 bits per heavy atom. The Morgan fingerprint density at radius 3 is 2.41 bits per heavy atom. The van der Waals surface area contributed by atoms with Gasteiger partial charge in [0.05, 0.1) is 25.3 Å². The van der Waals surface area contributed by atoms with Gasteiger partial charge in [-0.1, -0.05) is 6.07 Å². The van der Waals surface area contributed by atoms with E-state index in [2.05, 4.69) is 0 Å². The SMILES string of the molecule is COc1ccc(C(Cl)CS(C)(=O)=O)c(OC)c1. The zero-order chi connectivity index (χ0) is 13.1. The Balaban J connectivity index is 3.04. The van der Waals surface area contributed by atoms with Gasteiger partial charge in [0.2, 0.25) is 0 Å². The summed E-state index contributed by atoms with van der Waals surface area (Å²) < 4.78 is 32.6. The monoisotopic (exact) mass is 278 g/mol. The van der Waals surface area contributed by atoms with Crippen molar-refractivity contribution in [3.8, 4) is 11.5 Å². The van der Waals surface area contributed by atoms with E-state index in [4.69, 9.17) is 21.1 Å². The molecule has 1 aromatic rings. The predicted octanol–water partition coefficient (Wildman–Crippen LogP) is 2.03. The molecule has 0 aliphatic rings. The Hall–Kier alpha value is -0.940. The highest BCUT2D eigenvalue weighted by Gasteiger charge is 2.18. The molecule has 1 rings (SSSR count). The molecule has 96 valence electrons. The first kappa shape index (κ1) is 14.1. The molecular formula is C11H15ClO4S. The molecule has 0 bridgehead atoms. The first-order valence-electron chi connectivity index (χ1n) is 4.91. The van der Waals surface area contributed by atoms with E-state index in [1.165, 1.54) is 7.11 Å². The van der Waals surface area contributed by atoms with Crippen LogP contribution in [0.4, 0.5) is 0 Å². The van der Waals surface area contributed by atoms with Gasteiger partial charge in [-0.25, -0.2) is 8.42 Å². The number of alkyl halides is 1. The summed E-state index contributed by atoms with van der Waals surface area (Å²) in [7, 11) is -0.0838. The minimum absolute atomic E-state index is 0.128. The summed E-state index contributed by atoms with van der Waals surface area (Å²) in [5.74, 6) is 1.03. The molecule has 17 heavy (non-hydrogen) atoms. The molecule has 0 spiro atoms. The molecule has 0 saturated heterocycles. The molecule has 0 aromatic heterocycles. The summed E-state index contributed by atoms with van der Waals surface area (Å²) in [5.41, 5.74) is 0.639. The first-order valence-corrected chi connectivity index (χ1v) is 7.41. The number of rotatable bonds is 5. The van der Waals surface area contributed by atoms with Crippen LogP contribution in [0.25, 0.3) is 0 Å². The van der Waals surface area contributed by atoms with E-state index in [1.54, 1.807) is 25.3 Å². The summed E-state index contributed by atoms with van der Waals surface area (Å²) >= 11 is 6.07. The largest absolute Gasteiger partial charge is 0.497 e. The van der Waals surface area contributed by atoms with E-state index in [0.29, 0.717) is 17.1 Å². The molecule has 1 unspecified atom stereocenters. The van der Waals surface area contributed by atoms with Crippen LogP contribution in [0.3, 0.4) is 0 Å². The standard InChI is InChI=1S/C11H15ClO4S/c1-15-8-4-5-9(11(6-8)16-2)10(12)7-17(3,13)14/h4-6,10H,7H2,1-3H3. The van der Waals surface area contributed by atoms with E-state index < -0.39 is 15.2 Å². The maximum absolute atomic E-state index is 11.2. The fraction of sp³-hybridized carbons (Fsp3) is 0.455. The molecule has 1 aromatic carbocycles. The van der Waals surface area contributed by atoms with Crippen LogP contribution in [-0.2, 0) is 9.84 Å². The van der Waals surface area contributed by atoms with E-state index in [1.807, 2.05) is 0 Å². The van der Waals surface area contributed by atoms with Crippen molar-refractivity contribution in [3.05, 3.63) is 23.8 Å². The van der Waals surface area contributed by atoms with Gasteiger partial charge < -0.3 is 9.47 Å². The summed E-state index contributed by atoms with van der Waals surface area (Å²) in [6.45, 7) is 0. The van der Waals surface area contributed by atoms with Gasteiger partial charge in [-0.3, -0.25) is 0 Å². The van der Waals surface area contributed by atoms with Gasteiger partial charge >= 0.3 is 0 Å². The van der Waals surface area contributed by atoms with Gasteiger partial charge in [0.1, 0.15) is 21.3 Å². The third-order valence-corrected chi connectivity index (χ3v) is 3.74. The highest BCUT2D eigenvalue weighted by molar-refractivity contribution is 7.90. The van der Waals surface area contributed by atoms with Crippen molar-refractivity contribution in [1.29, 1.82) is 0 Å². The van der Waals surface area contributed by atoms with Crippen molar-refractivity contribution < 1.29 is 17.9 Å². The highest BCUT2D eigenvalue weighted by atomic mass is 35.5. The molecule has 6 heteroatoms. The molecule has 0 amide bonds. The number of sulfone groups is 1. The van der Waals surface area contributed by atoms with Crippen molar-refractivity contribution in [2.24, 2.45) is 0 Å². The van der Waals surface area contributed by atoms with Crippen LogP contribution in [-0.4, -0.2) is 34.6 Å². The third-order valence-electron chi connectivity index (χ3n) is 2.23. The van der Waals surface area contributed by atoms with Gasteiger partial charge in [-0.15, -0.1) is 11.6 Å². The van der Waals surface area contributed by atoms with Crippen molar-refractivity contribution in [2.45, 2.75) is 5.38 Å². The smallest absolute Gasteiger partial charge is 0.149 e. The number of hydrogen-bond acceptors (Lipinski definition) is 4. The van der Waals surface area contributed by atoms with Crippen molar-refractivity contribution in [2.75, 3.05) is 26.2 Å².